The Hall–Kier alpha value is -2.30. The number of aromatic carboxylic acids is 1. The van der Waals surface area contributed by atoms with Gasteiger partial charge in [-0.25, -0.2) is 4.79 Å². The first kappa shape index (κ1) is 12.2. The van der Waals surface area contributed by atoms with Crippen molar-refractivity contribution in [2.24, 2.45) is 0 Å². The van der Waals surface area contributed by atoms with Crippen LogP contribution in [-0.2, 0) is 6.61 Å². The third-order valence-corrected chi connectivity index (χ3v) is 2.48. The van der Waals surface area contributed by atoms with Gasteiger partial charge in [-0.2, -0.15) is 0 Å². The van der Waals surface area contributed by atoms with Crippen LogP contribution in [0.2, 0.25) is 0 Å². The average Bonchev–Trinajstić information content (AvgIpc) is 2.74. The van der Waals surface area contributed by atoms with Crippen molar-refractivity contribution in [1.29, 1.82) is 0 Å². The molecule has 0 bridgehead atoms. The van der Waals surface area contributed by atoms with E-state index in [2.05, 4.69) is 5.16 Å². The largest absolute Gasteiger partial charge is 0.485 e. The quantitative estimate of drug-likeness (QED) is 0.898. The van der Waals surface area contributed by atoms with Gasteiger partial charge in [0.1, 0.15) is 12.4 Å². The van der Waals surface area contributed by atoms with Crippen molar-refractivity contribution >= 4 is 5.97 Å². The molecule has 1 aromatic carbocycles. The lowest BCUT2D eigenvalue weighted by Gasteiger charge is -2.08. The Kier molecular flexibility index (Phi) is 3.32. The minimum absolute atomic E-state index is 0.198. The molecular weight excluding hydrogens is 234 g/mol. The number of hydrogen-bond acceptors (Lipinski definition) is 4. The fourth-order valence-electron chi connectivity index (χ4n) is 1.52. The topological polar surface area (TPSA) is 72.6 Å². The van der Waals surface area contributed by atoms with E-state index in [1.165, 1.54) is 6.07 Å². The summed E-state index contributed by atoms with van der Waals surface area (Å²) >= 11 is 0. The maximum atomic E-state index is 10.9. The summed E-state index contributed by atoms with van der Waals surface area (Å²) in [7, 11) is 0. The molecule has 0 saturated heterocycles. The molecule has 1 N–H and O–H groups in total. The Morgan fingerprint density at radius 2 is 2.17 bits per heavy atom. The molecule has 5 heteroatoms. The Labute approximate surface area is 104 Å². The first-order chi connectivity index (χ1) is 8.56. The van der Waals surface area contributed by atoms with Crippen molar-refractivity contribution in [2.75, 3.05) is 0 Å². The van der Waals surface area contributed by atoms with Crippen LogP contribution >= 0.6 is 0 Å². The third-order valence-electron chi connectivity index (χ3n) is 2.48. The van der Waals surface area contributed by atoms with Crippen LogP contribution in [0.4, 0.5) is 0 Å². The van der Waals surface area contributed by atoms with E-state index in [-0.39, 0.29) is 12.2 Å². The normalized spacial score (nSPS) is 10.3. The lowest BCUT2D eigenvalue weighted by atomic mass is 10.1. The number of nitrogens with zero attached hydrogens (tertiary/aromatic N) is 1. The number of rotatable bonds is 4. The molecule has 0 aliphatic carbocycles. The summed E-state index contributed by atoms with van der Waals surface area (Å²) in [5, 5.41) is 12.7. The summed E-state index contributed by atoms with van der Waals surface area (Å²) in [5.74, 6) is 0.159. The van der Waals surface area contributed by atoms with Crippen LogP contribution in [0.25, 0.3) is 0 Å². The molecule has 0 aliphatic rings. The molecule has 1 heterocycles. The maximum absolute atomic E-state index is 10.9. The van der Waals surface area contributed by atoms with Crippen molar-refractivity contribution in [2.45, 2.75) is 20.5 Å². The smallest absolute Gasteiger partial charge is 0.335 e. The van der Waals surface area contributed by atoms with Crippen LogP contribution in [0.1, 0.15) is 27.4 Å². The third kappa shape index (κ3) is 2.68. The SMILES string of the molecule is Cc1cc(COc2cc(C(=O)O)ccc2C)on1. The summed E-state index contributed by atoms with van der Waals surface area (Å²) in [4.78, 5) is 10.9. The average molecular weight is 247 g/mol. The number of aromatic nitrogens is 1. The van der Waals surface area contributed by atoms with E-state index < -0.39 is 5.97 Å². The van der Waals surface area contributed by atoms with Crippen molar-refractivity contribution < 1.29 is 19.2 Å². The van der Waals surface area contributed by atoms with Gasteiger partial charge in [0.25, 0.3) is 0 Å². The van der Waals surface area contributed by atoms with E-state index in [4.69, 9.17) is 14.4 Å². The number of benzene rings is 1. The number of carboxylic acids is 1. The first-order valence-corrected chi connectivity index (χ1v) is 5.45. The highest BCUT2D eigenvalue weighted by atomic mass is 16.5. The summed E-state index contributed by atoms with van der Waals surface area (Å²) < 4.78 is 10.5. The van der Waals surface area contributed by atoms with Crippen LogP contribution in [0.3, 0.4) is 0 Å². The minimum Gasteiger partial charge on any atom is -0.485 e. The van der Waals surface area contributed by atoms with Gasteiger partial charge < -0.3 is 14.4 Å². The zero-order chi connectivity index (χ0) is 13.1. The predicted octanol–water partition coefficient (Wildman–Crippen LogP) is 2.57. The number of carbonyl (C=O) groups is 1. The first-order valence-electron chi connectivity index (χ1n) is 5.45. The molecule has 1 aromatic heterocycles. The molecule has 2 rings (SSSR count). The van der Waals surface area contributed by atoms with Gasteiger partial charge >= 0.3 is 5.97 Å². The molecule has 0 aliphatic heterocycles. The zero-order valence-electron chi connectivity index (χ0n) is 10.1. The van der Waals surface area contributed by atoms with Gasteiger partial charge in [0.05, 0.1) is 11.3 Å². The monoisotopic (exact) mass is 247 g/mol. The Morgan fingerprint density at radius 3 is 2.78 bits per heavy atom. The van der Waals surface area contributed by atoms with Crippen molar-refractivity contribution in [3.05, 3.63) is 46.8 Å². The van der Waals surface area contributed by atoms with Gasteiger partial charge in [-0.05, 0) is 31.5 Å². The summed E-state index contributed by atoms with van der Waals surface area (Å²) in [6, 6.07) is 6.53. The van der Waals surface area contributed by atoms with Gasteiger partial charge in [-0.3, -0.25) is 0 Å². The van der Waals surface area contributed by atoms with Gasteiger partial charge in [0.2, 0.25) is 0 Å². The van der Waals surface area contributed by atoms with Gasteiger partial charge in [0, 0.05) is 6.07 Å². The number of carboxylic acid groups (broad SMARTS) is 1. The number of aryl methyl sites for hydroxylation is 2. The summed E-state index contributed by atoms with van der Waals surface area (Å²) in [5.41, 5.74) is 1.85. The second-order valence-electron chi connectivity index (χ2n) is 4.01. The molecule has 0 fully saturated rings. The van der Waals surface area contributed by atoms with Crippen LogP contribution in [-0.4, -0.2) is 16.2 Å². The van der Waals surface area contributed by atoms with E-state index in [0.717, 1.165) is 11.3 Å². The van der Waals surface area contributed by atoms with Crippen molar-refractivity contribution in [3.8, 4) is 5.75 Å². The van der Waals surface area contributed by atoms with E-state index in [1.54, 1.807) is 18.2 Å². The highest BCUT2D eigenvalue weighted by molar-refractivity contribution is 5.88. The second kappa shape index (κ2) is 4.91. The van der Waals surface area contributed by atoms with Gasteiger partial charge in [-0.1, -0.05) is 11.2 Å². The van der Waals surface area contributed by atoms with Crippen LogP contribution < -0.4 is 4.74 Å². The summed E-state index contributed by atoms with van der Waals surface area (Å²) in [6.07, 6.45) is 0. The molecule has 2 aromatic rings. The second-order valence-corrected chi connectivity index (χ2v) is 4.01. The summed E-state index contributed by atoms with van der Waals surface area (Å²) in [6.45, 7) is 3.90. The number of hydrogen-bond donors (Lipinski definition) is 1. The highest BCUT2D eigenvalue weighted by Gasteiger charge is 2.08. The fraction of sp³-hybridized carbons (Fsp3) is 0.231. The van der Waals surface area contributed by atoms with Crippen molar-refractivity contribution in [1.82, 2.24) is 5.16 Å². The highest BCUT2D eigenvalue weighted by Crippen LogP contribution is 2.21. The Bertz CT molecular complexity index is 574. The molecule has 18 heavy (non-hydrogen) atoms. The zero-order valence-corrected chi connectivity index (χ0v) is 10.1. The standard InChI is InChI=1S/C13H13NO4/c1-8-3-4-10(13(15)16)6-12(8)17-7-11-5-9(2)14-18-11/h3-6H,7H2,1-2H3,(H,15,16). The van der Waals surface area contributed by atoms with E-state index in [9.17, 15) is 4.79 Å². The molecule has 0 saturated carbocycles. The molecule has 94 valence electrons. The van der Waals surface area contributed by atoms with Crippen LogP contribution in [0.15, 0.2) is 28.8 Å². The fourth-order valence-corrected chi connectivity index (χ4v) is 1.52. The molecule has 0 radical (unpaired) electrons. The minimum atomic E-state index is -0.977. The predicted molar refractivity (Wildman–Crippen MR) is 63.7 cm³/mol. The molecule has 0 atom stereocenters. The molecule has 0 spiro atoms. The van der Waals surface area contributed by atoms with E-state index in [0.29, 0.717) is 11.5 Å². The van der Waals surface area contributed by atoms with Gasteiger partial charge in [-0.15, -0.1) is 0 Å². The van der Waals surface area contributed by atoms with Crippen LogP contribution in [0.5, 0.6) is 5.75 Å². The van der Waals surface area contributed by atoms with Gasteiger partial charge in [0.15, 0.2) is 5.76 Å². The molecule has 0 unspecified atom stereocenters. The van der Waals surface area contributed by atoms with Crippen molar-refractivity contribution in [3.63, 3.8) is 0 Å². The molecular formula is C13H13NO4. The van der Waals surface area contributed by atoms with E-state index in [1.807, 2.05) is 13.8 Å². The van der Waals surface area contributed by atoms with Crippen LogP contribution in [0, 0.1) is 13.8 Å². The molecule has 5 nitrogen and oxygen atoms in total. The lowest BCUT2D eigenvalue weighted by Crippen LogP contribution is -2.00. The Balaban J connectivity index is 2.13. The lowest BCUT2D eigenvalue weighted by molar-refractivity contribution is 0.0696. The van der Waals surface area contributed by atoms with E-state index >= 15 is 0 Å². The molecule has 0 amide bonds. The maximum Gasteiger partial charge on any atom is 0.335 e. The number of ether oxygens (including phenoxy) is 1. The Morgan fingerprint density at radius 1 is 1.39 bits per heavy atom.